The van der Waals surface area contributed by atoms with Gasteiger partial charge in [0.15, 0.2) is 0 Å². The Hall–Kier alpha value is -1.32. The van der Waals surface area contributed by atoms with E-state index in [0.717, 1.165) is 24.5 Å². The summed E-state index contributed by atoms with van der Waals surface area (Å²) in [7, 11) is 0. The van der Waals surface area contributed by atoms with E-state index in [1.807, 2.05) is 0 Å². The van der Waals surface area contributed by atoms with Crippen molar-refractivity contribution in [2.75, 3.05) is 6.54 Å². The maximum atomic E-state index is 11.1. The second-order valence-corrected chi connectivity index (χ2v) is 4.26. The van der Waals surface area contributed by atoms with Gasteiger partial charge in [0.2, 0.25) is 5.91 Å². The van der Waals surface area contributed by atoms with Crippen LogP contribution in [0.2, 0.25) is 0 Å². The van der Waals surface area contributed by atoms with Gasteiger partial charge >= 0.3 is 5.97 Å². The highest BCUT2D eigenvalue weighted by Crippen LogP contribution is 2.25. The van der Waals surface area contributed by atoms with Crippen molar-refractivity contribution in [3.8, 4) is 0 Å². The normalized spacial score (nSPS) is 17.5. The molecule has 0 aromatic heterocycles. The number of carbonyl (C=O) groups excluding carboxylic acids is 1. The van der Waals surface area contributed by atoms with E-state index in [4.69, 9.17) is 5.11 Å². The quantitative estimate of drug-likeness (QED) is 0.700. The average molecular weight is 225 g/mol. The van der Waals surface area contributed by atoms with Crippen molar-refractivity contribution in [3.05, 3.63) is 12.2 Å². The number of nitrogens with one attached hydrogen (secondary N) is 1. The average Bonchev–Trinajstić information content (AvgIpc) is 2.28. The molecule has 0 spiro atoms. The lowest BCUT2D eigenvalue weighted by Crippen LogP contribution is -2.24. The summed E-state index contributed by atoms with van der Waals surface area (Å²) < 4.78 is 0. The summed E-state index contributed by atoms with van der Waals surface area (Å²) in [5.41, 5.74) is 0. The highest BCUT2D eigenvalue weighted by atomic mass is 16.4. The first-order chi connectivity index (χ1) is 7.68. The number of aliphatic carboxylic acids is 1. The molecule has 16 heavy (non-hydrogen) atoms. The van der Waals surface area contributed by atoms with Gasteiger partial charge in [0, 0.05) is 18.7 Å². The molecule has 1 fully saturated rings. The molecule has 0 atom stereocenters. The van der Waals surface area contributed by atoms with Gasteiger partial charge in [-0.2, -0.15) is 0 Å². The molecule has 1 aliphatic carbocycles. The molecule has 1 aliphatic rings. The van der Waals surface area contributed by atoms with Crippen molar-refractivity contribution in [3.63, 3.8) is 0 Å². The molecule has 4 nitrogen and oxygen atoms in total. The van der Waals surface area contributed by atoms with E-state index >= 15 is 0 Å². The van der Waals surface area contributed by atoms with Crippen LogP contribution >= 0.6 is 0 Å². The third-order valence-electron chi connectivity index (χ3n) is 2.95. The molecule has 0 aromatic rings. The van der Waals surface area contributed by atoms with Crippen molar-refractivity contribution in [1.82, 2.24) is 5.32 Å². The minimum absolute atomic E-state index is 0.321. The summed E-state index contributed by atoms with van der Waals surface area (Å²) in [6, 6.07) is 0. The standard InChI is InChI=1S/C12H19NO3/c14-11(6-7-12(15)16)13-9-8-10-4-2-1-3-5-10/h6-7,10H,1-5,8-9H2,(H,13,14)(H,15,16)/b7-6+. The van der Waals surface area contributed by atoms with Gasteiger partial charge in [-0.3, -0.25) is 4.79 Å². The maximum Gasteiger partial charge on any atom is 0.328 e. The Morgan fingerprint density at radius 2 is 1.88 bits per heavy atom. The van der Waals surface area contributed by atoms with E-state index in [1.54, 1.807) is 0 Å². The molecule has 2 N–H and O–H groups in total. The monoisotopic (exact) mass is 225 g/mol. The van der Waals surface area contributed by atoms with Crippen LogP contribution in [0.1, 0.15) is 38.5 Å². The summed E-state index contributed by atoms with van der Waals surface area (Å²) in [6.45, 7) is 0.646. The Labute approximate surface area is 95.7 Å². The van der Waals surface area contributed by atoms with Crippen molar-refractivity contribution < 1.29 is 14.7 Å². The predicted molar refractivity (Wildman–Crippen MR) is 61.0 cm³/mol. The molecule has 4 heteroatoms. The summed E-state index contributed by atoms with van der Waals surface area (Å²) in [5, 5.41) is 11.0. The van der Waals surface area contributed by atoms with Gasteiger partial charge in [-0.15, -0.1) is 0 Å². The number of amides is 1. The molecular formula is C12H19NO3. The molecule has 0 unspecified atom stereocenters. The lowest BCUT2D eigenvalue weighted by atomic mass is 9.87. The van der Waals surface area contributed by atoms with Crippen LogP contribution in [-0.2, 0) is 9.59 Å². The van der Waals surface area contributed by atoms with Gasteiger partial charge in [0.1, 0.15) is 0 Å². The molecule has 1 amide bonds. The smallest absolute Gasteiger partial charge is 0.328 e. The van der Waals surface area contributed by atoms with Crippen LogP contribution in [0.3, 0.4) is 0 Å². The highest BCUT2D eigenvalue weighted by Gasteiger charge is 2.12. The number of rotatable bonds is 5. The Kier molecular flexibility index (Phi) is 5.61. The second kappa shape index (κ2) is 7.04. The number of carboxylic acid groups (broad SMARTS) is 1. The summed E-state index contributed by atoms with van der Waals surface area (Å²) in [5.74, 6) is -0.682. The summed E-state index contributed by atoms with van der Waals surface area (Å²) >= 11 is 0. The third-order valence-corrected chi connectivity index (χ3v) is 2.95. The first-order valence-electron chi connectivity index (χ1n) is 5.87. The van der Waals surface area contributed by atoms with Crippen LogP contribution in [0.15, 0.2) is 12.2 Å². The second-order valence-electron chi connectivity index (χ2n) is 4.26. The Morgan fingerprint density at radius 1 is 1.19 bits per heavy atom. The van der Waals surface area contributed by atoms with E-state index in [-0.39, 0.29) is 5.91 Å². The molecule has 1 rings (SSSR count). The zero-order chi connectivity index (χ0) is 11.8. The topological polar surface area (TPSA) is 66.4 Å². The van der Waals surface area contributed by atoms with Crippen molar-refractivity contribution in [1.29, 1.82) is 0 Å². The minimum Gasteiger partial charge on any atom is -0.478 e. The molecule has 0 aliphatic heterocycles. The number of carboxylic acids is 1. The summed E-state index contributed by atoms with van der Waals surface area (Å²) in [6.07, 6.45) is 9.40. The maximum absolute atomic E-state index is 11.1. The first kappa shape index (κ1) is 12.7. The minimum atomic E-state index is -1.09. The summed E-state index contributed by atoms with van der Waals surface area (Å²) in [4.78, 5) is 21.3. The SMILES string of the molecule is O=C(O)/C=C/C(=O)NCCC1CCCCC1. The fraction of sp³-hybridized carbons (Fsp3) is 0.667. The molecule has 0 aromatic carbocycles. The van der Waals surface area contributed by atoms with Gasteiger partial charge in [-0.05, 0) is 12.3 Å². The molecule has 1 saturated carbocycles. The zero-order valence-corrected chi connectivity index (χ0v) is 9.45. The third kappa shape index (κ3) is 5.53. The molecule has 0 heterocycles. The Morgan fingerprint density at radius 3 is 2.50 bits per heavy atom. The lowest BCUT2D eigenvalue weighted by Gasteiger charge is -2.21. The van der Waals surface area contributed by atoms with Crippen LogP contribution in [0, 0.1) is 5.92 Å². The van der Waals surface area contributed by atoms with Crippen LogP contribution < -0.4 is 5.32 Å². The van der Waals surface area contributed by atoms with Crippen molar-refractivity contribution >= 4 is 11.9 Å². The molecule has 0 saturated heterocycles. The molecular weight excluding hydrogens is 206 g/mol. The van der Waals surface area contributed by atoms with Crippen LogP contribution in [0.25, 0.3) is 0 Å². The fourth-order valence-electron chi connectivity index (χ4n) is 2.08. The largest absolute Gasteiger partial charge is 0.478 e. The highest BCUT2D eigenvalue weighted by molar-refractivity contribution is 5.93. The van der Waals surface area contributed by atoms with Crippen molar-refractivity contribution in [2.45, 2.75) is 38.5 Å². The van der Waals surface area contributed by atoms with Gasteiger partial charge in [0.05, 0.1) is 0 Å². The fourth-order valence-corrected chi connectivity index (χ4v) is 2.08. The molecule has 90 valence electrons. The zero-order valence-electron chi connectivity index (χ0n) is 9.45. The van der Waals surface area contributed by atoms with Crippen LogP contribution in [-0.4, -0.2) is 23.5 Å². The van der Waals surface area contributed by atoms with Gasteiger partial charge < -0.3 is 10.4 Å². The van der Waals surface area contributed by atoms with E-state index in [2.05, 4.69) is 5.32 Å². The Bertz CT molecular complexity index is 267. The van der Waals surface area contributed by atoms with Gasteiger partial charge in [0.25, 0.3) is 0 Å². The van der Waals surface area contributed by atoms with Crippen LogP contribution in [0.5, 0.6) is 0 Å². The van der Waals surface area contributed by atoms with Gasteiger partial charge in [-0.1, -0.05) is 32.1 Å². The van der Waals surface area contributed by atoms with E-state index in [9.17, 15) is 9.59 Å². The number of hydrogen-bond donors (Lipinski definition) is 2. The van der Waals surface area contributed by atoms with E-state index in [1.165, 1.54) is 32.1 Å². The van der Waals surface area contributed by atoms with Crippen molar-refractivity contribution in [2.24, 2.45) is 5.92 Å². The first-order valence-corrected chi connectivity index (χ1v) is 5.87. The molecule has 0 bridgehead atoms. The van der Waals surface area contributed by atoms with Gasteiger partial charge in [-0.25, -0.2) is 4.79 Å². The van der Waals surface area contributed by atoms with E-state index < -0.39 is 5.97 Å². The lowest BCUT2D eigenvalue weighted by molar-refractivity contribution is -0.131. The Balaban J connectivity index is 2.09. The number of hydrogen-bond acceptors (Lipinski definition) is 2. The molecule has 0 radical (unpaired) electrons. The number of carbonyl (C=O) groups is 2. The van der Waals surface area contributed by atoms with E-state index in [0.29, 0.717) is 6.54 Å². The predicted octanol–water partition coefficient (Wildman–Crippen LogP) is 1.71. The van der Waals surface area contributed by atoms with Crippen LogP contribution in [0.4, 0.5) is 0 Å².